The monoisotopic (exact) mass is 516 g/mol. The molecule has 2 aromatic carbocycles. The molecule has 0 radical (unpaired) electrons. The predicted octanol–water partition coefficient (Wildman–Crippen LogP) is 2.86. The first-order valence-corrected chi connectivity index (χ1v) is 12.8. The molecule has 3 N–H and O–H groups in total. The van der Waals surface area contributed by atoms with Crippen LogP contribution in [-0.2, 0) is 37.0 Å². The van der Waals surface area contributed by atoms with Gasteiger partial charge in [-0.3, -0.25) is 4.79 Å². The van der Waals surface area contributed by atoms with E-state index in [2.05, 4.69) is 17.2 Å². The van der Waals surface area contributed by atoms with E-state index in [1.807, 2.05) is 0 Å². The van der Waals surface area contributed by atoms with E-state index in [0.29, 0.717) is 5.56 Å². The van der Waals surface area contributed by atoms with Crippen LogP contribution in [0.4, 0.5) is 4.79 Å². The van der Waals surface area contributed by atoms with Gasteiger partial charge >= 0.3 is 12.1 Å². The third-order valence-electron chi connectivity index (χ3n) is 5.34. The number of hydrogen-bond acceptors (Lipinski definition) is 6. The molecule has 2 amide bonds. The fourth-order valence-corrected chi connectivity index (χ4v) is 4.30. The average Bonchev–Trinajstić information content (AvgIpc) is 2.82. The summed E-state index contributed by atoms with van der Waals surface area (Å²) in [6, 6.07) is 15.2. The third kappa shape index (κ3) is 8.23. The molecule has 9 nitrogen and oxygen atoms in total. The number of benzene rings is 2. The van der Waals surface area contributed by atoms with Crippen LogP contribution in [0.2, 0.25) is 0 Å². The number of alkyl carbamates (subject to hydrolysis) is 1. The number of sulfone groups is 1. The van der Waals surface area contributed by atoms with Gasteiger partial charge in [0.2, 0.25) is 5.91 Å². The molecule has 0 bridgehead atoms. The Bertz CT molecular complexity index is 1170. The molecule has 0 aromatic heterocycles. The minimum Gasteiger partial charge on any atom is -0.480 e. The van der Waals surface area contributed by atoms with E-state index in [1.165, 1.54) is 20.8 Å². The van der Waals surface area contributed by atoms with Crippen LogP contribution in [0.5, 0.6) is 0 Å². The molecule has 2 atom stereocenters. The number of carboxylic acids is 1. The van der Waals surface area contributed by atoms with E-state index >= 15 is 0 Å². The van der Waals surface area contributed by atoms with Crippen molar-refractivity contribution >= 4 is 27.8 Å². The van der Waals surface area contributed by atoms with Crippen LogP contribution in [0.15, 0.2) is 72.1 Å². The highest BCUT2D eigenvalue weighted by molar-refractivity contribution is 7.96. The Kier molecular flexibility index (Phi) is 9.80. The molecule has 0 aliphatic carbocycles. The second-order valence-electron chi connectivity index (χ2n) is 9.21. The molecule has 0 fully saturated rings. The van der Waals surface area contributed by atoms with Gasteiger partial charge in [-0.05, 0) is 31.9 Å². The quantitative estimate of drug-likeness (QED) is 0.417. The highest BCUT2D eigenvalue weighted by Gasteiger charge is 2.33. The molecule has 2 aromatic rings. The van der Waals surface area contributed by atoms with Crippen molar-refractivity contribution in [1.29, 1.82) is 0 Å². The standard InChI is InChI=1S/C26H32N2O7S/c1-18(36(33,34)26(2,3)4)17-35-25(32)28-21(15-19-11-7-5-8-12-19)23(29)27-22(24(30)31)16-20-13-9-6-10-14-20/h5-14,21-22H,1,15-17H2,2-4H3,(H,27,29)(H,28,32)(H,30,31)/t21-,22-/m0/s1. The average molecular weight is 517 g/mol. The van der Waals surface area contributed by atoms with Crippen molar-refractivity contribution in [3.8, 4) is 0 Å². The van der Waals surface area contributed by atoms with Crippen LogP contribution < -0.4 is 10.6 Å². The van der Waals surface area contributed by atoms with Gasteiger partial charge in [-0.25, -0.2) is 18.0 Å². The zero-order valence-electron chi connectivity index (χ0n) is 20.6. The van der Waals surface area contributed by atoms with Gasteiger partial charge in [0.25, 0.3) is 0 Å². The Hall–Kier alpha value is -3.66. The zero-order valence-corrected chi connectivity index (χ0v) is 21.4. The summed E-state index contributed by atoms with van der Waals surface area (Å²) < 4.78 is 28.8. The van der Waals surface area contributed by atoms with Gasteiger partial charge in [-0.1, -0.05) is 67.2 Å². The fourth-order valence-electron chi connectivity index (χ4n) is 3.22. The first-order valence-electron chi connectivity index (χ1n) is 11.3. The number of amides is 2. The molecule has 194 valence electrons. The molecule has 0 aliphatic heterocycles. The van der Waals surface area contributed by atoms with Gasteiger partial charge < -0.3 is 20.5 Å². The maximum absolute atomic E-state index is 13.1. The number of carboxylic acid groups (broad SMARTS) is 1. The topological polar surface area (TPSA) is 139 Å². The number of carbonyl (C=O) groups is 3. The molecule has 0 unspecified atom stereocenters. The van der Waals surface area contributed by atoms with Crippen LogP contribution in [0.3, 0.4) is 0 Å². The number of aliphatic carboxylic acids is 1. The smallest absolute Gasteiger partial charge is 0.408 e. The third-order valence-corrected chi connectivity index (χ3v) is 7.83. The molecular weight excluding hydrogens is 484 g/mol. The number of carbonyl (C=O) groups excluding carboxylic acids is 2. The Morgan fingerprint density at radius 3 is 1.81 bits per heavy atom. The lowest BCUT2D eigenvalue weighted by atomic mass is 10.0. The number of ether oxygens (including phenoxy) is 1. The summed E-state index contributed by atoms with van der Waals surface area (Å²) >= 11 is 0. The Balaban J connectivity index is 2.13. The van der Waals surface area contributed by atoms with Gasteiger partial charge in [0.1, 0.15) is 18.7 Å². The Labute approximate surface area is 211 Å². The normalized spacial score (nSPS) is 13.2. The van der Waals surface area contributed by atoms with Crippen molar-refractivity contribution < 1.29 is 32.6 Å². The Morgan fingerprint density at radius 1 is 0.889 bits per heavy atom. The van der Waals surface area contributed by atoms with E-state index < -0.39 is 51.2 Å². The van der Waals surface area contributed by atoms with E-state index in [4.69, 9.17) is 4.74 Å². The van der Waals surface area contributed by atoms with Crippen LogP contribution >= 0.6 is 0 Å². The van der Waals surface area contributed by atoms with Crippen LogP contribution in [0.25, 0.3) is 0 Å². The predicted molar refractivity (Wildman–Crippen MR) is 136 cm³/mol. The molecule has 2 rings (SSSR count). The van der Waals surface area contributed by atoms with Crippen molar-refractivity contribution in [3.05, 3.63) is 83.3 Å². The first kappa shape index (κ1) is 28.6. The Morgan fingerprint density at radius 2 is 1.36 bits per heavy atom. The molecule has 0 saturated heterocycles. The summed E-state index contributed by atoms with van der Waals surface area (Å²) in [4.78, 5) is 37.1. The fraction of sp³-hybridized carbons (Fsp3) is 0.346. The van der Waals surface area contributed by atoms with Crippen molar-refractivity contribution in [2.45, 2.75) is 50.4 Å². The van der Waals surface area contributed by atoms with E-state index in [0.717, 1.165) is 5.56 Å². The lowest BCUT2D eigenvalue weighted by molar-refractivity contribution is -0.142. The second-order valence-corrected chi connectivity index (χ2v) is 12.0. The van der Waals surface area contributed by atoms with Crippen LogP contribution in [0, 0.1) is 0 Å². The largest absolute Gasteiger partial charge is 0.480 e. The molecule has 36 heavy (non-hydrogen) atoms. The summed E-state index contributed by atoms with van der Waals surface area (Å²) in [6.45, 7) is 7.43. The highest BCUT2D eigenvalue weighted by atomic mass is 32.2. The van der Waals surface area contributed by atoms with Gasteiger partial charge in [-0.2, -0.15) is 0 Å². The van der Waals surface area contributed by atoms with E-state index in [-0.39, 0.29) is 17.7 Å². The van der Waals surface area contributed by atoms with E-state index in [1.54, 1.807) is 60.7 Å². The lowest BCUT2D eigenvalue weighted by Crippen LogP contribution is -2.53. The number of rotatable bonds is 11. The summed E-state index contributed by atoms with van der Waals surface area (Å²) in [6.07, 6.45) is -0.929. The minimum absolute atomic E-state index is 0.0505. The molecular formula is C26H32N2O7S. The molecule has 0 saturated carbocycles. The molecule has 0 aliphatic rings. The maximum Gasteiger partial charge on any atom is 0.408 e. The highest BCUT2D eigenvalue weighted by Crippen LogP contribution is 2.22. The zero-order chi connectivity index (χ0) is 26.9. The SMILES string of the molecule is C=C(COC(=O)N[C@@H](Cc1ccccc1)C(=O)N[C@@H](Cc1ccccc1)C(=O)O)S(=O)(=O)C(C)(C)C. The number of nitrogens with one attached hydrogen (secondary N) is 2. The van der Waals surface area contributed by atoms with Crippen LogP contribution in [-0.4, -0.2) is 54.9 Å². The van der Waals surface area contributed by atoms with Gasteiger partial charge in [0, 0.05) is 12.8 Å². The summed E-state index contributed by atoms with van der Waals surface area (Å²) in [5.41, 5.74) is 1.43. The minimum atomic E-state index is -3.76. The van der Waals surface area contributed by atoms with Crippen LogP contribution in [0.1, 0.15) is 31.9 Å². The van der Waals surface area contributed by atoms with Crippen molar-refractivity contribution in [2.75, 3.05) is 6.61 Å². The van der Waals surface area contributed by atoms with Crippen molar-refractivity contribution in [1.82, 2.24) is 10.6 Å². The summed E-state index contributed by atoms with van der Waals surface area (Å²) in [5, 5.41) is 14.5. The lowest BCUT2D eigenvalue weighted by Gasteiger charge is -2.23. The van der Waals surface area contributed by atoms with Gasteiger partial charge in [0.05, 0.1) is 9.65 Å². The maximum atomic E-state index is 13.1. The van der Waals surface area contributed by atoms with Gasteiger partial charge in [0.15, 0.2) is 9.84 Å². The molecule has 0 spiro atoms. The van der Waals surface area contributed by atoms with Crippen molar-refractivity contribution in [2.24, 2.45) is 0 Å². The summed E-state index contributed by atoms with van der Waals surface area (Å²) in [7, 11) is -3.76. The first-order chi connectivity index (χ1) is 16.8. The summed E-state index contributed by atoms with van der Waals surface area (Å²) in [5.74, 6) is -1.95. The van der Waals surface area contributed by atoms with E-state index in [9.17, 15) is 27.9 Å². The number of hydrogen-bond donors (Lipinski definition) is 3. The second kappa shape index (κ2) is 12.3. The van der Waals surface area contributed by atoms with Gasteiger partial charge in [-0.15, -0.1) is 0 Å². The molecule has 10 heteroatoms. The van der Waals surface area contributed by atoms with Crippen molar-refractivity contribution in [3.63, 3.8) is 0 Å². The molecule has 0 heterocycles.